The van der Waals surface area contributed by atoms with Gasteiger partial charge in [0.25, 0.3) is 11.5 Å². The molecule has 0 atom stereocenters. The Morgan fingerprint density at radius 2 is 1.48 bits per heavy atom. The van der Waals surface area contributed by atoms with Crippen LogP contribution in [0.25, 0.3) is 11.3 Å². The molecule has 31 heavy (non-hydrogen) atoms. The minimum Gasteiger partial charge on any atom is -0.339 e. The lowest BCUT2D eigenvalue weighted by molar-refractivity contribution is -0.131. The topological polar surface area (TPSA) is 73.5 Å². The molecule has 158 valence electrons. The van der Waals surface area contributed by atoms with Crippen molar-refractivity contribution in [3.8, 4) is 11.3 Å². The van der Waals surface area contributed by atoms with E-state index in [2.05, 4.69) is 4.98 Å². The fourth-order valence-electron chi connectivity index (χ4n) is 3.65. The lowest BCUT2D eigenvalue weighted by Gasteiger charge is -2.34. The second kappa shape index (κ2) is 9.18. The highest BCUT2D eigenvalue weighted by molar-refractivity contribution is 6.30. The van der Waals surface area contributed by atoms with E-state index in [1.807, 2.05) is 42.5 Å². The number of H-pyrrole nitrogens is 1. The third kappa shape index (κ3) is 4.86. The van der Waals surface area contributed by atoms with Gasteiger partial charge >= 0.3 is 0 Å². The number of piperazine rings is 1. The molecule has 6 nitrogen and oxygen atoms in total. The zero-order valence-electron chi connectivity index (χ0n) is 16.9. The second-order valence-corrected chi connectivity index (χ2v) is 7.89. The standard InChI is InChI=1S/C24H22ClN3O3/c25-19-8-6-17(7-9-19)16-22(29)27-12-14-28(15-13-27)24(31)20-10-11-21(26-23(20)30)18-4-2-1-3-5-18/h1-11H,12-16H2,(H,26,30). The van der Waals surface area contributed by atoms with Crippen LogP contribution in [0.1, 0.15) is 15.9 Å². The van der Waals surface area contributed by atoms with Gasteiger partial charge < -0.3 is 14.8 Å². The third-order valence-electron chi connectivity index (χ3n) is 5.41. The highest BCUT2D eigenvalue weighted by atomic mass is 35.5. The van der Waals surface area contributed by atoms with Gasteiger partial charge in [-0.3, -0.25) is 14.4 Å². The molecule has 2 aromatic carbocycles. The maximum Gasteiger partial charge on any atom is 0.261 e. The quantitative estimate of drug-likeness (QED) is 0.683. The molecule has 1 aromatic heterocycles. The summed E-state index contributed by atoms with van der Waals surface area (Å²) >= 11 is 5.89. The van der Waals surface area contributed by atoms with Crippen LogP contribution in [0.3, 0.4) is 0 Å². The summed E-state index contributed by atoms with van der Waals surface area (Å²) in [6.07, 6.45) is 0.297. The van der Waals surface area contributed by atoms with Crippen molar-refractivity contribution in [1.29, 1.82) is 0 Å². The van der Waals surface area contributed by atoms with Crippen molar-refractivity contribution in [3.05, 3.63) is 93.2 Å². The van der Waals surface area contributed by atoms with Gasteiger partial charge in [-0.2, -0.15) is 0 Å². The molecule has 2 amide bonds. The van der Waals surface area contributed by atoms with Crippen LogP contribution in [0, 0.1) is 0 Å². The number of benzene rings is 2. The normalized spacial score (nSPS) is 13.8. The van der Waals surface area contributed by atoms with Crippen LogP contribution >= 0.6 is 11.6 Å². The van der Waals surface area contributed by atoms with Crippen molar-refractivity contribution in [2.75, 3.05) is 26.2 Å². The van der Waals surface area contributed by atoms with Crippen LogP contribution in [0.5, 0.6) is 0 Å². The van der Waals surface area contributed by atoms with Crippen LogP contribution in [0.2, 0.25) is 5.02 Å². The van der Waals surface area contributed by atoms with E-state index in [1.54, 1.807) is 34.1 Å². The fraction of sp³-hybridized carbons (Fsp3) is 0.208. The molecule has 1 fully saturated rings. The molecular weight excluding hydrogens is 414 g/mol. The first-order valence-corrected chi connectivity index (χ1v) is 10.5. The first kappa shape index (κ1) is 20.9. The maximum absolute atomic E-state index is 12.9. The number of nitrogens with one attached hydrogen (secondary N) is 1. The SMILES string of the molecule is O=C(Cc1ccc(Cl)cc1)N1CCN(C(=O)c2ccc(-c3ccccc3)[nH]c2=O)CC1. The second-order valence-electron chi connectivity index (χ2n) is 7.46. The maximum atomic E-state index is 12.9. The molecule has 1 aliphatic heterocycles. The monoisotopic (exact) mass is 435 g/mol. The van der Waals surface area contributed by atoms with Crippen molar-refractivity contribution in [2.45, 2.75) is 6.42 Å². The first-order chi connectivity index (χ1) is 15.0. The van der Waals surface area contributed by atoms with Gasteiger partial charge in [-0.1, -0.05) is 54.1 Å². The lowest BCUT2D eigenvalue weighted by atomic mass is 10.1. The summed E-state index contributed by atoms with van der Waals surface area (Å²) in [5, 5.41) is 0.634. The zero-order chi connectivity index (χ0) is 21.8. The number of pyridine rings is 1. The summed E-state index contributed by atoms with van der Waals surface area (Å²) in [4.78, 5) is 44.1. The number of rotatable bonds is 4. The smallest absolute Gasteiger partial charge is 0.261 e. The predicted molar refractivity (Wildman–Crippen MR) is 120 cm³/mol. The molecule has 0 aliphatic carbocycles. The summed E-state index contributed by atoms with van der Waals surface area (Å²) in [5.41, 5.74) is 2.15. The van der Waals surface area contributed by atoms with Crippen molar-refractivity contribution < 1.29 is 9.59 Å². The minimum atomic E-state index is -0.410. The van der Waals surface area contributed by atoms with E-state index >= 15 is 0 Å². The number of carbonyl (C=O) groups excluding carboxylic acids is 2. The molecule has 3 aromatic rings. The number of aromatic nitrogens is 1. The minimum absolute atomic E-state index is 0.0134. The van der Waals surface area contributed by atoms with Crippen LogP contribution in [-0.2, 0) is 11.2 Å². The molecule has 0 saturated carbocycles. The largest absolute Gasteiger partial charge is 0.339 e. The van der Waals surface area contributed by atoms with Gasteiger partial charge in [0.1, 0.15) is 5.56 Å². The molecule has 1 N–H and O–H groups in total. The van der Waals surface area contributed by atoms with Crippen molar-refractivity contribution in [1.82, 2.24) is 14.8 Å². The van der Waals surface area contributed by atoms with E-state index in [-0.39, 0.29) is 17.4 Å². The average Bonchev–Trinajstić information content (AvgIpc) is 2.81. The summed E-state index contributed by atoms with van der Waals surface area (Å²) in [6.45, 7) is 1.67. The van der Waals surface area contributed by atoms with Crippen LogP contribution in [0.15, 0.2) is 71.5 Å². The van der Waals surface area contributed by atoms with E-state index in [4.69, 9.17) is 11.6 Å². The zero-order valence-corrected chi connectivity index (χ0v) is 17.6. The number of aromatic amines is 1. The number of nitrogens with zero attached hydrogens (tertiary/aromatic N) is 2. The molecule has 0 spiro atoms. The molecule has 2 heterocycles. The Labute approximate surface area is 185 Å². The van der Waals surface area contributed by atoms with Gasteiger partial charge in [0.15, 0.2) is 0 Å². The van der Waals surface area contributed by atoms with Gasteiger partial charge in [0.2, 0.25) is 5.91 Å². The Morgan fingerprint density at radius 1 is 0.839 bits per heavy atom. The van der Waals surface area contributed by atoms with Crippen molar-refractivity contribution in [2.24, 2.45) is 0 Å². The van der Waals surface area contributed by atoms with Gasteiger partial charge in [0.05, 0.1) is 6.42 Å². The Hall–Kier alpha value is -3.38. The number of hydrogen-bond acceptors (Lipinski definition) is 3. The Balaban J connectivity index is 1.37. The molecule has 0 bridgehead atoms. The Bertz CT molecular complexity index is 1130. The van der Waals surface area contributed by atoms with Gasteiger partial charge in [-0.25, -0.2) is 0 Å². The Kier molecular flexibility index (Phi) is 6.18. The fourth-order valence-corrected chi connectivity index (χ4v) is 3.77. The van der Waals surface area contributed by atoms with E-state index < -0.39 is 5.56 Å². The van der Waals surface area contributed by atoms with E-state index in [0.29, 0.717) is 43.3 Å². The van der Waals surface area contributed by atoms with Crippen molar-refractivity contribution in [3.63, 3.8) is 0 Å². The molecule has 7 heteroatoms. The van der Waals surface area contributed by atoms with E-state index in [0.717, 1.165) is 11.1 Å². The average molecular weight is 436 g/mol. The van der Waals surface area contributed by atoms with E-state index in [1.165, 1.54) is 0 Å². The predicted octanol–water partition coefficient (Wildman–Crippen LogP) is 3.22. The first-order valence-electron chi connectivity index (χ1n) is 10.1. The molecular formula is C24H22ClN3O3. The Morgan fingerprint density at radius 3 is 2.13 bits per heavy atom. The number of hydrogen-bond donors (Lipinski definition) is 1. The number of amides is 2. The molecule has 4 rings (SSSR count). The lowest BCUT2D eigenvalue weighted by Crippen LogP contribution is -2.51. The number of carbonyl (C=O) groups is 2. The number of halogens is 1. The molecule has 0 radical (unpaired) electrons. The van der Waals surface area contributed by atoms with Crippen LogP contribution < -0.4 is 5.56 Å². The molecule has 1 aliphatic rings. The van der Waals surface area contributed by atoms with Crippen LogP contribution in [-0.4, -0.2) is 52.8 Å². The van der Waals surface area contributed by atoms with Crippen molar-refractivity contribution >= 4 is 23.4 Å². The highest BCUT2D eigenvalue weighted by Gasteiger charge is 2.26. The highest BCUT2D eigenvalue weighted by Crippen LogP contribution is 2.16. The van der Waals surface area contributed by atoms with Gasteiger partial charge in [-0.15, -0.1) is 0 Å². The van der Waals surface area contributed by atoms with Gasteiger partial charge in [-0.05, 0) is 35.4 Å². The van der Waals surface area contributed by atoms with E-state index in [9.17, 15) is 14.4 Å². The molecule has 1 saturated heterocycles. The molecule has 0 unspecified atom stereocenters. The third-order valence-corrected chi connectivity index (χ3v) is 5.66. The summed E-state index contributed by atoms with van der Waals surface area (Å²) in [7, 11) is 0. The van der Waals surface area contributed by atoms with Crippen LogP contribution in [0.4, 0.5) is 0 Å². The summed E-state index contributed by atoms with van der Waals surface area (Å²) < 4.78 is 0. The summed E-state index contributed by atoms with van der Waals surface area (Å²) in [5.74, 6) is -0.301. The van der Waals surface area contributed by atoms with Gasteiger partial charge in [0, 0.05) is 36.9 Å². The summed E-state index contributed by atoms with van der Waals surface area (Å²) in [6, 6.07) is 20.0.